The van der Waals surface area contributed by atoms with E-state index < -0.39 is 32.4 Å². The highest BCUT2D eigenvalue weighted by Crippen LogP contribution is 2.20. The minimum absolute atomic E-state index is 0.0920. The number of hydrogen-bond acceptors (Lipinski definition) is 2. The molecule has 1 aliphatic rings. The maximum atomic E-state index is 8.19. The summed E-state index contributed by atoms with van der Waals surface area (Å²) in [7, 11) is 0. The number of nitrogens with one attached hydrogen (secondary N) is 1. The van der Waals surface area contributed by atoms with Crippen molar-refractivity contribution in [3.8, 4) is 0 Å². The topological polar surface area (TPSA) is 15.3 Å². The van der Waals surface area contributed by atoms with Gasteiger partial charge in [0.25, 0.3) is 0 Å². The molecule has 1 aliphatic heterocycles. The maximum Gasteiger partial charge on any atom is 0.0509 e. The monoisotopic (exact) mass is 264 g/mol. The number of anilines is 1. The van der Waals surface area contributed by atoms with Crippen LogP contribution in [0.2, 0.25) is 0 Å². The lowest BCUT2D eigenvalue weighted by atomic mass is 10.2. The van der Waals surface area contributed by atoms with Crippen LogP contribution in [-0.4, -0.2) is 25.5 Å². The molecule has 0 radical (unpaired) electrons. The van der Waals surface area contributed by atoms with Gasteiger partial charge in [0, 0.05) is 43.9 Å². The smallest absolute Gasteiger partial charge is 0.0509 e. The Bertz CT molecular complexity index is 646. The van der Waals surface area contributed by atoms with Crippen LogP contribution in [0.3, 0.4) is 0 Å². The molecule has 1 unspecified atom stereocenters. The van der Waals surface area contributed by atoms with E-state index in [1.165, 1.54) is 18.2 Å². The molecule has 76 valence electrons. The molecule has 1 saturated heterocycles. The van der Waals surface area contributed by atoms with E-state index in [1.54, 1.807) is 11.4 Å². The van der Waals surface area contributed by atoms with Gasteiger partial charge in [-0.25, -0.2) is 0 Å². The predicted octanol–water partition coefficient (Wildman–Crippen LogP) is 2.25. The van der Waals surface area contributed by atoms with Crippen LogP contribution in [-0.2, 0) is 0 Å². The zero-order valence-corrected chi connectivity index (χ0v) is 8.72. The minimum atomic E-state index is -3.26. The Morgan fingerprint density at radius 3 is 3.50 bits per heavy atom. The molecule has 1 fully saturated rings. The third-order valence-corrected chi connectivity index (χ3v) is 2.14. The van der Waals surface area contributed by atoms with E-state index in [0.29, 0.717) is 9.37 Å². The number of hydrogen-bond donors (Lipinski definition) is 1. The molecule has 2 rings (SSSR count). The summed E-state index contributed by atoms with van der Waals surface area (Å²) in [5.74, 6) is 0. The summed E-state index contributed by atoms with van der Waals surface area (Å²) in [5.41, 5.74) is -0.0920. The van der Waals surface area contributed by atoms with Crippen molar-refractivity contribution in [2.75, 3.05) is 24.4 Å². The molecule has 1 heterocycles. The lowest BCUT2D eigenvalue weighted by Crippen LogP contribution is -2.49. The second kappa shape index (κ2) is 4.32. The molecule has 0 amide bonds. The summed E-state index contributed by atoms with van der Waals surface area (Å²) in [6, 6.07) is 2.63. The Kier molecular flexibility index (Phi) is 1.08. The number of rotatable bonds is 1. The molecule has 2 nitrogen and oxygen atoms in total. The van der Waals surface area contributed by atoms with E-state index in [9.17, 15) is 0 Å². The van der Waals surface area contributed by atoms with Crippen molar-refractivity contribution in [3.63, 3.8) is 0 Å². The second-order valence-electron chi connectivity index (χ2n) is 2.66. The first-order chi connectivity index (χ1) is 10.6. The van der Waals surface area contributed by atoms with E-state index in [0.717, 1.165) is 0 Å². The molecule has 14 heavy (non-hydrogen) atoms. The van der Waals surface area contributed by atoms with Gasteiger partial charge in [-0.05, 0) is 25.1 Å². The van der Waals surface area contributed by atoms with Crippen LogP contribution < -0.4 is 10.2 Å². The van der Waals surface area contributed by atoms with Gasteiger partial charge in [0.1, 0.15) is 0 Å². The Morgan fingerprint density at radius 2 is 2.71 bits per heavy atom. The fraction of sp³-hybridized carbons (Fsp3) is 0.455. The van der Waals surface area contributed by atoms with Crippen molar-refractivity contribution < 1.29 is 13.7 Å². The standard InChI is InChI=1S/C11H15BrN2/c1-9-8-14(6-5-13-9)11-4-2-3-10(12)7-11/h2-4,7,9,13H,5-6,8H2,1H3/i1D3,5D2,6D2,8D2,9D. The highest BCUT2D eigenvalue weighted by atomic mass is 79.9. The van der Waals surface area contributed by atoms with E-state index in [4.69, 9.17) is 13.7 Å². The van der Waals surface area contributed by atoms with E-state index in [2.05, 4.69) is 15.9 Å². The van der Waals surface area contributed by atoms with Gasteiger partial charge in [-0.1, -0.05) is 22.0 Å². The average Bonchev–Trinajstić information content (AvgIpc) is 2.34. The zero-order chi connectivity index (χ0) is 18.8. The molecular weight excluding hydrogens is 240 g/mol. The van der Waals surface area contributed by atoms with Gasteiger partial charge in [-0.3, -0.25) is 0 Å². The van der Waals surface area contributed by atoms with Gasteiger partial charge < -0.3 is 10.2 Å². The number of piperazine rings is 1. The van der Waals surface area contributed by atoms with E-state index in [1.807, 2.05) is 0 Å². The Labute approximate surface area is 107 Å². The van der Waals surface area contributed by atoms with Crippen LogP contribution in [0.1, 0.15) is 20.6 Å². The predicted molar refractivity (Wildman–Crippen MR) is 63.8 cm³/mol. The van der Waals surface area contributed by atoms with Crippen molar-refractivity contribution in [2.24, 2.45) is 0 Å². The number of halogens is 1. The summed E-state index contributed by atoms with van der Waals surface area (Å²) in [6.07, 6.45) is 0. The number of nitrogens with zero attached hydrogens (tertiary/aromatic N) is 1. The molecule has 0 saturated carbocycles. The van der Waals surface area contributed by atoms with Crippen molar-refractivity contribution in [3.05, 3.63) is 28.7 Å². The van der Waals surface area contributed by atoms with Crippen molar-refractivity contribution in [1.82, 2.24) is 5.32 Å². The van der Waals surface area contributed by atoms with Crippen LogP contribution in [0.25, 0.3) is 0 Å². The summed E-state index contributed by atoms with van der Waals surface area (Å²) >= 11 is 3.16. The molecule has 1 aromatic rings. The third-order valence-electron chi connectivity index (χ3n) is 1.65. The first-order valence-electron chi connectivity index (χ1n) is 8.93. The Balaban J connectivity index is 2.77. The quantitative estimate of drug-likeness (QED) is 0.837. The van der Waals surface area contributed by atoms with Crippen LogP contribution in [0.5, 0.6) is 0 Å². The molecule has 0 aliphatic carbocycles. The van der Waals surface area contributed by atoms with Gasteiger partial charge in [0.2, 0.25) is 0 Å². The van der Waals surface area contributed by atoms with Crippen molar-refractivity contribution >= 4 is 21.6 Å². The lowest BCUT2D eigenvalue weighted by molar-refractivity contribution is 0.485. The lowest BCUT2D eigenvalue weighted by Gasteiger charge is -2.33. The minimum Gasteiger partial charge on any atom is -0.369 e. The fourth-order valence-electron chi connectivity index (χ4n) is 1.06. The molecular formula is C11H15BrN2. The molecule has 3 heteroatoms. The van der Waals surface area contributed by atoms with E-state index >= 15 is 0 Å². The zero-order valence-electron chi connectivity index (χ0n) is 17.1. The molecule has 1 N–H and O–H groups in total. The average molecular weight is 265 g/mol. The van der Waals surface area contributed by atoms with Gasteiger partial charge in [0.05, 0.1) is 5.48 Å². The van der Waals surface area contributed by atoms with Crippen LogP contribution in [0.4, 0.5) is 5.69 Å². The maximum absolute atomic E-state index is 8.19. The first kappa shape index (κ1) is 3.49. The summed E-state index contributed by atoms with van der Waals surface area (Å²) in [6.45, 7) is -12.3. The third kappa shape index (κ3) is 2.28. The highest BCUT2D eigenvalue weighted by Gasteiger charge is 2.15. The largest absolute Gasteiger partial charge is 0.369 e. The fourth-order valence-corrected chi connectivity index (χ4v) is 1.45. The molecule has 0 spiro atoms. The molecule has 0 bridgehead atoms. The van der Waals surface area contributed by atoms with E-state index in [-0.39, 0.29) is 5.69 Å². The van der Waals surface area contributed by atoms with Crippen molar-refractivity contribution in [2.45, 2.75) is 12.9 Å². The van der Waals surface area contributed by atoms with Crippen molar-refractivity contribution in [1.29, 1.82) is 0 Å². The summed E-state index contributed by atoms with van der Waals surface area (Å²) < 4.78 is 79.3. The van der Waals surface area contributed by atoms with Crippen LogP contribution in [0, 0.1) is 0 Å². The SMILES string of the molecule is [2H]C([2H])([2H])C1([2H])NC([2H])([2H])C([2H])([2H])N(c2cccc(Br)c2)C1([2H])[2H]. The number of benzene rings is 1. The summed E-state index contributed by atoms with van der Waals surface area (Å²) in [5, 5.41) is 1.74. The first-order valence-corrected chi connectivity index (χ1v) is 4.72. The van der Waals surface area contributed by atoms with Gasteiger partial charge >= 0.3 is 0 Å². The molecule has 1 atom stereocenters. The van der Waals surface area contributed by atoms with Crippen LogP contribution >= 0.6 is 15.9 Å². The molecule has 0 aromatic heterocycles. The normalized spacial score (nSPS) is 49.9. The molecule has 1 aromatic carbocycles. The van der Waals surface area contributed by atoms with Gasteiger partial charge in [-0.2, -0.15) is 0 Å². The van der Waals surface area contributed by atoms with Crippen LogP contribution in [0.15, 0.2) is 28.7 Å². The Morgan fingerprint density at radius 1 is 1.79 bits per heavy atom. The summed E-state index contributed by atoms with van der Waals surface area (Å²) in [4.78, 5) is 0.376. The second-order valence-corrected chi connectivity index (χ2v) is 3.58. The Hall–Kier alpha value is -0.540. The van der Waals surface area contributed by atoms with Gasteiger partial charge in [-0.15, -0.1) is 0 Å². The highest BCUT2D eigenvalue weighted by molar-refractivity contribution is 9.10. The van der Waals surface area contributed by atoms with Gasteiger partial charge in [0.15, 0.2) is 0 Å².